The standard InChI is InChI=1S/C25H30N4S/c1-5-15-28-24(23(27-25(28)30)21-12-9-10-14-26-21)20-16-17(3)29(18(20)4)22-13-8-7-11-19(22)6-2/h7-14,16,23-24H,5-6,15H2,1-4H3,(H,27,30). The molecule has 30 heavy (non-hydrogen) atoms. The molecule has 2 unspecified atom stereocenters. The first-order chi connectivity index (χ1) is 14.6. The first kappa shape index (κ1) is 20.6. The molecule has 1 aliphatic heterocycles. The van der Waals surface area contributed by atoms with Gasteiger partial charge in [0, 0.05) is 29.8 Å². The second-order valence-electron chi connectivity index (χ2n) is 7.96. The molecule has 5 heteroatoms. The third kappa shape index (κ3) is 3.52. The molecule has 2 atom stereocenters. The Labute approximate surface area is 184 Å². The molecule has 1 N–H and O–H groups in total. The Morgan fingerprint density at radius 2 is 1.83 bits per heavy atom. The van der Waals surface area contributed by atoms with Gasteiger partial charge in [-0.1, -0.05) is 38.1 Å². The van der Waals surface area contributed by atoms with Gasteiger partial charge in [0.05, 0.1) is 17.8 Å². The van der Waals surface area contributed by atoms with Gasteiger partial charge in [0.15, 0.2) is 5.11 Å². The van der Waals surface area contributed by atoms with Crippen molar-refractivity contribution in [2.75, 3.05) is 6.54 Å². The Hall–Kier alpha value is -2.66. The summed E-state index contributed by atoms with van der Waals surface area (Å²) < 4.78 is 2.40. The van der Waals surface area contributed by atoms with E-state index in [0.29, 0.717) is 0 Å². The van der Waals surface area contributed by atoms with Crippen LogP contribution in [0.5, 0.6) is 0 Å². The fraction of sp³-hybridized carbons (Fsp3) is 0.360. The van der Waals surface area contributed by atoms with Gasteiger partial charge >= 0.3 is 0 Å². The maximum Gasteiger partial charge on any atom is 0.170 e. The number of hydrogen-bond acceptors (Lipinski definition) is 2. The zero-order valence-corrected chi connectivity index (χ0v) is 19.0. The summed E-state index contributed by atoms with van der Waals surface area (Å²) in [6.45, 7) is 9.77. The molecule has 1 saturated heterocycles. The Morgan fingerprint density at radius 3 is 2.53 bits per heavy atom. The Bertz CT molecular complexity index is 1040. The van der Waals surface area contributed by atoms with Crippen LogP contribution in [0.4, 0.5) is 0 Å². The molecule has 3 heterocycles. The molecule has 0 spiro atoms. The van der Waals surface area contributed by atoms with Crippen molar-refractivity contribution in [1.82, 2.24) is 19.8 Å². The van der Waals surface area contributed by atoms with E-state index in [1.165, 1.54) is 28.2 Å². The van der Waals surface area contributed by atoms with Crippen molar-refractivity contribution in [3.8, 4) is 5.69 Å². The van der Waals surface area contributed by atoms with Gasteiger partial charge in [-0.15, -0.1) is 0 Å². The van der Waals surface area contributed by atoms with Crippen molar-refractivity contribution >= 4 is 17.3 Å². The molecular formula is C25H30N4S. The van der Waals surface area contributed by atoms with E-state index in [1.54, 1.807) is 0 Å². The topological polar surface area (TPSA) is 33.1 Å². The predicted octanol–water partition coefficient (Wildman–Crippen LogP) is 5.43. The summed E-state index contributed by atoms with van der Waals surface area (Å²) in [5.74, 6) is 0. The number of pyridine rings is 1. The van der Waals surface area contributed by atoms with Crippen LogP contribution in [-0.4, -0.2) is 26.1 Å². The molecule has 1 aliphatic rings. The first-order valence-corrected chi connectivity index (χ1v) is 11.2. The van der Waals surface area contributed by atoms with E-state index in [4.69, 9.17) is 12.2 Å². The maximum atomic E-state index is 5.76. The third-order valence-electron chi connectivity index (χ3n) is 6.06. The molecule has 0 radical (unpaired) electrons. The van der Waals surface area contributed by atoms with Crippen LogP contribution in [0.3, 0.4) is 0 Å². The highest BCUT2D eigenvalue weighted by molar-refractivity contribution is 7.80. The Kier molecular flexibility index (Phi) is 5.91. The molecule has 0 aliphatic carbocycles. The number of para-hydroxylation sites is 1. The quantitative estimate of drug-likeness (QED) is 0.541. The van der Waals surface area contributed by atoms with E-state index in [2.05, 4.69) is 83.9 Å². The molecule has 0 bridgehead atoms. The fourth-order valence-electron chi connectivity index (χ4n) is 4.71. The lowest BCUT2D eigenvalue weighted by molar-refractivity contribution is 0.316. The van der Waals surface area contributed by atoms with Crippen molar-refractivity contribution in [3.63, 3.8) is 0 Å². The van der Waals surface area contributed by atoms with Gasteiger partial charge in [-0.05, 0) is 74.3 Å². The normalized spacial score (nSPS) is 18.7. The van der Waals surface area contributed by atoms with Gasteiger partial charge in [0.2, 0.25) is 0 Å². The molecule has 0 amide bonds. The van der Waals surface area contributed by atoms with Gasteiger partial charge in [-0.2, -0.15) is 0 Å². The molecule has 156 valence electrons. The SMILES string of the molecule is CCCN1C(=S)NC(c2ccccn2)C1c1cc(C)n(-c2ccccc2CC)c1C. The number of nitrogens with zero attached hydrogens (tertiary/aromatic N) is 3. The zero-order valence-electron chi connectivity index (χ0n) is 18.2. The van der Waals surface area contributed by atoms with Crippen LogP contribution in [0, 0.1) is 13.8 Å². The van der Waals surface area contributed by atoms with Crippen molar-refractivity contribution in [1.29, 1.82) is 0 Å². The third-order valence-corrected chi connectivity index (χ3v) is 6.42. The number of aryl methyl sites for hydroxylation is 2. The van der Waals surface area contributed by atoms with Crippen molar-refractivity contribution in [2.24, 2.45) is 0 Å². The highest BCUT2D eigenvalue weighted by atomic mass is 32.1. The first-order valence-electron chi connectivity index (χ1n) is 10.8. The minimum atomic E-state index is 0.0422. The summed E-state index contributed by atoms with van der Waals surface area (Å²) in [4.78, 5) is 6.99. The molecule has 0 saturated carbocycles. The molecule has 3 aromatic rings. The van der Waals surface area contributed by atoms with Crippen LogP contribution in [0.2, 0.25) is 0 Å². The Balaban J connectivity index is 1.85. The number of thiocarbonyl (C=S) groups is 1. The number of benzene rings is 1. The average molecular weight is 419 g/mol. The molecule has 4 nitrogen and oxygen atoms in total. The highest BCUT2D eigenvalue weighted by Gasteiger charge is 2.40. The smallest absolute Gasteiger partial charge is 0.170 e. The summed E-state index contributed by atoms with van der Waals surface area (Å²) in [5, 5.41) is 4.37. The van der Waals surface area contributed by atoms with E-state index in [-0.39, 0.29) is 12.1 Å². The van der Waals surface area contributed by atoms with Crippen molar-refractivity contribution in [3.05, 3.63) is 82.9 Å². The molecular weight excluding hydrogens is 388 g/mol. The average Bonchev–Trinajstić information content (AvgIpc) is 3.24. The van der Waals surface area contributed by atoms with Gasteiger partial charge in [-0.3, -0.25) is 4.98 Å². The fourth-order valence-corrected chi connectivity index (χ4v) is 5.04. The van der Waals surface area contributed by atoms with E-state index >= 15 is 0 Å². The summed E-state index contributed by atoms with van der Waals surface area (Å²) >= 11 is 5.76. The molecule has 4 rings (SSSR count). The minimum absolute atomic E-state index is 0.0422. The summed E-state index contributed by atoms with van der Waals surface area (Å²) in [6, 6.07) is 17.3. The van der Waals surface area contributed by atoms with Crippen LogP contribution in [-0.2, 0) is 6.42 Å². The van der Waals surface area contributed by atoms with Crippen molar-refractivity contribution < 1.29 is 0 Å². The van der Waals surface area contributed by atoms with Gasteiger partial charge in [0.25, 0.3) is 0 Å². The second-order valence-corrected chi connectivity index (χ2v) is 8.35. The van der Waals surface area contributed by atoms with Crippen LogP contribution >= 0.6 is 12.2 Å². The summed E-state index contributed by atoms with van der Waals surface area (Å²) in [7, 11) is 0. The van der Waals surface area contributed by atoms with Crippen LogP contribution < -0.4 is 5.32 Å². The van der Waals surface area contributed by atoms with E-state index in [1.807, 2.05) is 18.3 Å². The number of hydrogen-bond donors (Lipinski definition) is 1. The monoisotopic (exact) mass is 418 g/mol. The van der Waals surface area contributed by atoms with Crippen molar-refractivity contribution in [2.45, 2.75) is 52.6 Å². The zero-order chi connectivity index (χ0) is 21.3. The maximum absolute atomic E-state index is 5.76. The second kappa shape index (κ2) is 8.60. The molecule has 1 aromatic carbocycles. The molecule has 1 fully saturated rings. The largest absolute Gasteiger partial charge is 0.352 e. The highest BCUT2D eigenvalue weighted by Crippen LogP contribution is 2.41. The lowest BCUT2D eigenvalue weighted by Gasteiger charge is -2.28. The minimum Gasteiger partial charge on any atom is -0.352 e. The number of rotatable bonds is 6. The van der Waals surface area contributed by atoms with Crippen LogP contribution in [0.15, 0.2) is 54.7 Å². The van der Waals surface area contributed by atoms with Crippen LogP contribution in [0.25, 0.3) is 5.69 Å². The van der Waals surface area contributed by atoms with E-state index in [0.717, 1.165) is 30.2 Å². The van der Waals surface area contributed by atoms with E-state index < -0.39 is 0 Å². The molecule has 2 aromatic heterocycles. The lowest BCUT2D eigenvalue weighted by Crippen LogP contribution is -2.30. The number of nitrogens with one attached hydrogen (secondary N) is 1. The van der Waals surface area contributed by atoms with Crippen LogP contribution in [0.1, 0.15) is 60.6 Å². The van der Waals surface area contributed by atoms with E-state index in [9.17, 15) is 0 Å². The lowest BCUT2D eigenvalue weighted by atomic mass is 9.96. The van der Waals surface area contributed by atoms with Gasteiger partial charge in [0.1, 0.15) is 0 Å². The summed E-state index contributed by atoms with van der Waals surface area (Å²) in [5.41, 5.74) is 7.49. The Morgan fingerprint density at radius 1 is 1.07 bits per heavy atom. The number of aromatic nitrogens is 2. The van der Waals surface area contributed by atoms with Gasteiger partial charge < -0.3 is 14.8 Å². The van der Waals surface area contributed by atoms with Gasteiger partial charge in [-0.25, -0.2) is 0 Å². The predicted molar refractivity (Wildman–Crippen MR) is 127 cm³/mol. The summed E-state index contributed by atoms with van der Waals surface area (Å²) in [6.07, 6.45) is 3.92.